The lowest BCUT2D eigenvalue weighted by molar-refractivity contribution is 0.726. The summed E-state index contributed by atoms with van der Waals surface area (Å²) in [5, 5.41) is 6.71. The van der Waals surface area contributed by atoms with Crippen molar-refractivity contribution < 1.29 is 0 Å². The third-order valence-electron chi connectivity index (χ3n) is 1.68. The van der Waals surface area contributed by atoms with Crippen molar-refractivity contribution in [2.75, 3.05) is 6.54 Å². The van der Waals surface area contributed by atoms with Gasteiger partial charge in [-0.25, -0.2) is 5.84 Å². The summed E-state index contributed by atoms with van der Waals surface area (Å²) in [6.45, 7) is 1.02. The van der Waals surface area contributed by atoms with Crippen molar-refractivity contribution >= 4 is 5.84 Å². The molecule has 0 aliphatic carbocycles. The second kappa shape index (κ2) is 3.38. The Morgan fingerprint density at radius 1 is 1.70 bits per heavy atom. The fourth-order valence-corrected chi connectivity index (χ4v) is 1.15. The molecule has 0 amide bonds. The smallest absolute Gasteiger partial charge is 0.153 e. The van der Waals surface area contributed by atoms with Gasteiger partial charge in [0.25, 0.3) is 0 Å². The largest absolute Gasteiger partial charge is 0.321 e. The van der Waals surface area contributed by atoms with Gasteiger partial charge in [-0.1, -0.05) is 0 Å². The molecule has 1 heterocycles. The van der Waals surface area contributed by atoms with E-state index in [2.05, 4.69) is 15.8 Å². The van der Waals surface area contributed by atoms with Crippen LogP contribution in [0.3, 0.4) is 0 Å². The minimum Gasteiger partial charge on any atom is -0.321 e. The molecule has 0 bridgehead atoms. The van der Waals surface area contributed by atoms with Crippen LogP contribution in [0.1, 0.15) is 12.8 Å². The second-order valence-electron chi connectivity index (χ2n) is 2.31. The van der Waals surface area contributed by atoms with Crippen molar-refractivity contribution in [2.45, 2.75) is 18.9 Å². The van der Waals surface area contributed by atoms with E-state index in [0.717, 1.165) is 19.4 Å². The third-order valence-corrected chi connectivity index (χ3v) is 1.68. The normalized spacial score (nSPS) is 26.9. The van der Waals surface area contributed by atoms with Crippen molar-refractivity contribution in [3.8, 4) is 0 Å². The molecule has 10 heavy (non-hydrogen) atoms. The van der Waals surface area contributed by atoms with E-state index in [-0.39, 0.29) is 6.04 Å². The van der Waals surface area contributed by atoms with Gasteiger partial charge in [-0.2, -0.15) is 5.10 Å². The zero-order chi connectivity index (χ0) is 7.40. The minimum absolute atomic E-state index is 0.231. The Bertz CT molecular complexity index is 126. The number of nitrogens with zero attached hydrogens (tertiary/aromatic N) is 1. The Hall–Kier alpha value is -0.810. The Balaban J connectivity index is 2.45. The van der Waals surface area contributed by atoms with E-state index >= 15 is 0 Å². The summed E-state index contributed by atoms with van der Waals surface area (Å²) < 4.78 is 0. The first-order valence-corrected chi connectivity index (χ1v) is 3.36. The number of hydrogen-bond acceptors (Lipinski definition) is 4. The predicted octanol–water partition coefficient (Wildman–Crippen LogP) is -1.53. The molecule has 1 unspecified atom stereocenters. The minimum atomic E-state index is 0.231. The van der Waals surface area contributed by atoms with Crippen molar-refractivity contribution in [1.82, 2.24) is 10.7 Å². The number of hydrazone groups is 1. The fraction of sp³-hybridized carbons (Fsp3) is 0.800. The topological polar surface area (TPSA) is 88.5 Å². The highest BCUT2D eigenvalue weighted by Gasteiger charge is 2.18. The number of hydrazine groups is 1. The van der Waals surface area contributed by atoms with Gasteiger partial charge in [0.05, 0.1) is 6.04 Å². The molecule has 0 saturated carbocycles. The summed E-state index contributed by atoms with van der Waals surface area (Å²) in [7, 11) is 0. The van der Waals surface area contributed by atoms with Gasteiger partial charge in [0, 0.05) is 0 Å². The molecule has 0 spiro atoms. The quantitative estimate of drug-likeness (QED) is 0.155. The zero-order valence-electron chi connectivity index (χ0n) is 5.80. The van der Waals surface area contributed by atoms with Crippen LogP contribution in [-0.2, 0) is 0 Å². The molecule has 5 nitrogen and oxygen atoms in total. The standard InChI is InChI=1S/C5H13N5/c6-9-5(10-7)4-2-1-3-8-4/h4,8H,1-3,6-7H2,(H,9,10). The van der Waals surface area contributed by atoms with E-state index in [1.54, 1.807) is 0 Å². The summed E-state index contributed by atoms with van der Waals surface area (Å²) in [6, 6.07) is 0.231. The van der Waals surface area contributed by atoms with Crippen LogP contribution < -0.4 is 22.4 Å². The van der Waals surface area contributed by atoms with E-state index in [0.29, 0.717) is 5.84 Å². The van der Waals surface area contributed by atoms with Crippen LogP contribution >= 0.6 is 0 Å². The summed E-state index contributed by atoms with van der Waals surface area (Å²) in [6.07, 6.45) is 2.21. The molecule has 1 rings (SSSR count). The van der Waals surface area contributed by atoms with Crippen LogP contribution in [0.5, 0.6) is 0 Å². The molecular weight excluding hydrogens is 130 g/mol. The van der Waals surface area contributed by atoms with E-state index in [1.165, 1.54) is 0 Å². The lowest BCUT2D eigenvalue weighted by Crippen LogP contribution is -2.44. The third kappa shape index (κ3) is 1.37. The Morgan fingerprint density at radius 2 is 2.50 bits per heavy atom. The number of nitrogens with one attached hydrogen (secondary N) is 2. The van der Waals surface area contributed by atoms with Gasteiger partial charge in [-0.15, -0.1) is 0 Å². The van der Waals surface area contributed by atoms with E-state index in [1.807, 2.05) is 0 Å². The molecule has 1 atom stereocenters. The summed E-state index contributed by atoms with van der Waals surface area (Å²) in [4.78, 5) is 0. The highest BCUT2D eigenvalue weighted by atomic mass is 15.3. The Morgan fingerprint density at radius 3 is 2.90 bits per heavy atom. The van der Waals surface area contributed by atoms with Crippen LogP contribution in [-0.4, -0.2) is 18.4 Å². The molecule has 6 N–H and O–H groups in total. The van der Waals surface area contributed by atoms with Crippen molar-refractivity contribution in [2.24, 2.45) is 16.8 Å². The van der Waals surface area contributed by atoms with E-state index in [4.69, 9.17) is 11.7 Å². The van der Waals surface area contributed by atoms with Gasteiger partial charge in [-0.3, -0.25) is 0 Å². The van der Waals surface area contributed by atoms with Crippen LogP contribution in [0, 0.1) is 0 Å². The summed E-state index contributed by atoms with van der Waals surface area (Å²) in [5.41, 5.74) is 2.46. The lowest BCUT2D eigenvalue weighted by atomic mass is 10.2. The number of hydrogen-bond donors (Lipinski definition) is 4. The maximum absolute atomic E-state index is 5.16. The van der Waals surface area contributed by atoms with Crippen LogP contribution in [0.2, 0.25) is 0 Å². The van der Waals surface area contributed by atoms with E-state index < -0.39 is 0 Å². The van der Waals surface area contributed by atoms with E-state index in [9.17, 15) is 0 Å². The molecule has 58 valence electrons. The van der Waals surface area contributed by atoms with Crippen LogP contribution in [0.15, 0.2) is 5.10 Å². The monoisotopic (exact) mass is 143 g/mol. The van der Waals surface area contributed by atoms with Gasteiger partial charge >= 0.3 is 0 Å². The molecule has 0 aromatic carbocycles. The van der Waals surface area contributed by atoms with Gasteiger partial charge in [0.1, 0.15) is 0 Å². The molecule has 0 aromatic heterocycles. The molecule has 5 heteroatoms. The maximum Gasteiger partial charge on any atom is 0.153 e. The maximum atomic E-state index is 5.16. The Kier molecular flexibility index (Phi) is 2.47. The molecular formula is C5H13N5. The van der Waals surface area contributed by atoms with Gasteiger partial charge < -0.3 is 16.6 Å². The molecule has 1 fully saturated rings. The predicted molar refractivity (Wildman–Crippen MR) is 40.0 cm³/mol. The number of nitrogens with two attached hydrogens (primary N) is 2. The van der Waals surface area contributed by atoms with Crippen LogP contribution in [0.25, 0.3) is 0 Å². The average molecular weight is 143 g/mol. The summed E-state index contributed by atoms with van der Waals surface area (Å²) >= 11 is 0. The molecule has 1 aliphatic heterocycles. The van der Waals surface area contributed by atoms with Crippen molar-refractivity contribution in [3.05, 3.63) is 0 Å². The van der Waals surface area contributed by atoms with Gasteiger partial charge in [0.2, 0.25) is 0 Å². The Labute approximate surface area is 59.8 Å². The SMILES string of the molecule is N/N=C(\NN)C1CCCN1. The highest BCUT2D eigenvalue weighted by molar-refractivity contribution is 5.86. The molecule has 0 aromatic rings. The average Bonchev–Trinajstić information content (AvgIpc) is 2.43. The summed E-state index contributed by atoms with van der Waals surface area (Å²) in [5.74, 6) is 10.9. The molecule has 1 aliphatic rings. The molecule has 1 saturated heterocycles. The van der Waals surface area contributed by atoms with Crippen molar-refractivity contribution in [3.63, 3.8) is 0 Å². The second-order valence-corrected chi connectivity index (χ2v) is 2.31. The molecule has 0 radical (unpaired) electrons. The van der Waals surface area contributed by atoms with Gasteiger partial charge in [-0.05, 0) is 19.4 Å². The first kappa shape index (κ1) is 7.30. The van der Waals surface area contributed by atoms with Gasteiger partial charge in [0.15, 0.2) is 5.84 Å². The fourth-order valence-electron chi connectivity index (χ4n) is 1.15. The van der Waals surface area contributed by atoms with Crippen LogP contribution in [0.4, 0.5) is 0 Å². The van der Waals surface area contributed by atoms with Crippen molar-refractivity contribution in [1.29, 1.82) is 0 Å². The lowest BCUT2D eigenvalue weighted by Gasteiger charge is -2.10. The number of rotatable bonds is 1. The first-order chi connectivity index (χ1) is 4.88. The highest BCUT2D eigenvalue weighted by Crippen LogP contribution is 2.04. The first-order valence-electron chi connectivity index (χ1n) is 3.36. The zero-order valence-corrected chi connectivity index (χ0v) is 5.80. The number of amidine groups is 1.